The summed E-state index contributed by atoms with van der Waals surface area (Å²) in [6, 6.07) is 8.40. The van der Waals surface area contributed by atoms with Crippen LogP contribution in [-0.4, -0.2) is 19.7 Å². The van der Waals surface area contributed by atoms with E-state index >= 15 is 0 Å². The molecule has 2 atom stereocenters. The summed E-state index contributed by atoms with van der Waals surface area (Å²) < 4.78 is 6.14. The fourth-order valence-electron chi connectivity index (χ4n) is 2.62. The molecule has 2 heteroatoms. The molecule has 0 aromatic heterocycles. The molecule has 2 unspecified atom stereocenters. The van der Waals surface area contributed by atoms with Crippen molar-refractivity contribution in [2.24, 2.45) is 5.92 Å². The van der Waals surface area contributed by atoms with Gasteiger partial charge in [0.1, 0.15) is 11.9 Å². The SMILES string of the molecule is CNCC1CCCCC1Oc1ccc(C)cc1. The molecule has 0 spiro atoms. The van der Waals surface area contributed by atoms with Gasteiger partial charge in [0.05, 0.1) is 0 Å². The molecule has 2 nitrogen and oxygen atoms in total. The second-order valence-electron chi connectivity index (χ2n) is 5.07. The van der Waals surface area contributed by atoms with Crippen LogP contribution in [-0.2, 0) is 0 Å². The van der Waals surface area contributed by atoms with Gasteiger partial charge in [-0.05, 0) is 45.4 Å². The third-order valence-corrected chi connectivity index (χ3v) is 3.61. The van der Waals surface area contributed by atoms with E-state index < -0.39 is 0 Å². The first-order valence-electron chi connectivity index (χ1n) is 6.67. The molecule has 94 valence electrons. The molecular formula is C15H23NO. The highest BCUT2D eigenvalue weighted by Gasteiger charge is 2.25. The molecule has 1 aromatic carbocycles. The van der Waals surface area contributed by atoms with Gasteiger partial charge >= 0.3 is 0 Å². The molecule has 0 amide bonds. The quantitative estimate of drug-likeness (QED) is 0.862. The van der Waals surface area contributed by atoms with Crippen molar-refractivity contribution in [3.05, 3.63) is 29.8 Å². The Bertz CT molecular complexity index is 331. The van der Waals surface area contributed by atoms with E-state index in [9.17, 15) is 0 Å². The Hall–Kier alpha value is -1.02. The molecule has 1 aliphatic carbocycles. The van der Waals surface area contributed by atoms with Gasteiger partial charge in [-0.15, -0.1) is 0 Å². The van der Waals surface area contributed by atoms with Crippen molar-refractivity contribution in [2.75, 3.05) is 13.6 Å². The predicted molar refractivity (Wildman–Crippen MR) is 71.5 cm³/mol. The summed E-state index contributed by atoms with van der Waals surface area (Å²) in [5.41, 5.74) is 1.28. The summed E-state index contributed by atoms with van der Waals surface area (Å²) in [4.78, 5) is 0. The van der Waals surface area contributed by atoms with Crippen molar-refractivity contribution < 1.29 is 4.74 Å². The Balaban J connectivity index is 1.97. The lowest BCUT2D eigenvalue weighted by molar-refractivity contribution is 0.0931. The number of nitrogens with one attached hydrogen (secondary N) is 1. The van der Waals surface area contributed by atoms with Crippen LogP contribution in [0.15, 0.2) is 24.3 Å². The summed E-state index contributed by atoms with van der Waals surface area (Å²) >= 11 is 0. The third kappa shape index (κ3) is 3.47. The largest absolute Gasteiger partial charge is 0.490 e. The van der Waals surface area contributed by atoms with Gasteiger partial charge in [-0.2, -0.15) is 0 Å². The monoisotopic (exact) mass is 233 g/mol. The van der Waals surface area contributed by atoms with Crippen LogP contribution in [0.1, 0.15) is 31.2 Å². The van der Waals surface area contributed by atoms with Gasteiger partial charge in [-0.1, -0.05) is 24.1 Å². The van der Waals surface area contributed by atoms with Gasteiger partial charge in [0.25, 0.3) is 0 Å². The Labute approximate surface area is 104 Å². The fraction of sp³-hybridized carbons (Fsp3) is 0.600. The van der Waals surface area contributed by atoms with Gasteiger partial charge < -0.3 is 10.1 Å². The van der Waals surface area contributed by atoms with Crippen molar-refractivity contribution in [3.63, 3.8) is 0 Å². The highest BCUT2D eigenvalue weighted by molar-refractivity contribution is 5.26. The first kappa shape index (κ1) is 12.4. The van der Waals surface area contributed by atoms with Crippen LogP contribution < -0.4 is 10.1 Å². The van der Waals surface area contributed by atoms with Crippen LogP contribution >= 0.6 is 0 Å². The van der Waals surface area contributed by atoms with Gasteiger partial charge in [0, 0.05) is 12.5 Å². The predicted octanol–water partition coefficient (Wildman–Crippen LogP) is 3.15. The first-order chi connectivity index (χ1) is 8.29. The minimum absolute atomic E-state index is 0.388. The molecule has 1 saturated carbocycles. The molecule has 0 aliphatic heterocycles. The van der Waals surface area contributed by atoms with E-state index in [4.69, 9.17) is 4.74 Å². The van der Waals surface area contributed by atoms with Crippen molar-refractivity contribution >= 4 is 0 Å². The smallest absolute Gasteiger partial charge is 0.119 e. The summed E-state index contributed by atoms with van der Waals surface area (Å²) in [6.07, 6.45) is 5.52. The van der Waals surface area contributed by atoms with E-state index in [1.54, 1.807) is 0 Å². The first-order valence-corrected chi connectivity index (χ1v) is 6.67. The topological polar surface area (TPSA) is 21.3 Å². The molecule has 2 rings (SSSR count). The van der Waals surface area contributed by atoms with Gasteiger partial charge in [-0.3, -0.25) is 0 Å². The number of hydrogen-bond donors (Lipinski definition) is 1. The second-order valence-corrected chi connectivity index (χ2v) is 5.07. The number of rotatable bonds is 4. The lowest BCUT2D eigenvalue weighted by Crippen LogP contribution is -2.36. The minimum atomic E-state index is 0.388. The van der Waals surface area contributed by atoms with Crippen LogP contribution in [0, 0.1) is 12.8 Å². The third-order valence-electron chi connectivity index (χ3n) is 3.61. The molecule has 1 fully saturated rings. The molecule has 0 saturated heterocycles. The lowest BCUT2D eigenvalue weighted by atomic mass is 9.86. The Kier molecular flexibility index (Phi) is 4.43. The Morgan fingerprint density at radius 1 is 1.18 bits per heavy atom. The van der Waals surface area contributed by atoms with Crippen molar-refractivity contribution in [2.45, 2.75) is 38.7 Å². The van der Waals surface area contributed by atoms with Gasteiger partial charge in [0.15, 0.2) is 0 Å². The number of aryl methyl sites for hydroxylation is 1. The maximum atomic E-state index is 6.14. The van der Waals surface area contributed by atoms with E-state index in [0.717, 1.165) is 12.3 Å². The molecule has 0 heterocycles. The zero-order valence-electron chi connectivity index (χ0n) is 10.9. The average molecular weight is 233 g/mol. The highest BCUT2D eigenvalue weighted by Crippen LogP contribution is 2.28. The number of ether oxygens (including phenoxy) is 1. The average Bonchev–Trinajstić information content (AvgIpc) is 2.35. The summed E-state index contributed by atoms with van der Waals surface area (Å²) in [5, 5.41) is 3.28. The van der Waals surface area contributed by atoms with E-state index in [2.05, 4.69) is 36.5 Å². The zero-order valence-corrected chi connectivity index (χ0v) is 10.9. The highest BCUT2D eigenvalue weighted by atomic mass is 16.5. The Morgan fingerprint density at radius 2 is 1.88 bits per heavy atom. The molecule has 1 N–H and O–H groups in total. The summed E-state index contributed by atoms with van der Waals surface area (Å²) in [5.74, 6) is 1.68. The fourth-order valence-corrected chi connectivity index (χ4v) is 2.62. The van der Waals surface area contributed by atoms with Crippen LogP contribution in [0.2, 0.25) is 0 Å². The van der Waals surface area contributed by atoms with Crippen LogP contribution in [0.25, 0.3) is 0 Å². The van der Waals surface area contributed by atoms with E-state index in [-0.39, 0.29) is 0 Å². The van der Waals surface area contributed by atoms with Crippen LogP contribution in [0.5, 0.6) is 5.75 Å². The molecule has 17 heavy (non-hydrogen) atoms. The van der Waals surface area contributed by atoms with E-state index in [1.165, 1.54) is 31.2 Å². The molecule has 1 aromatic rings. The molecule has 1 aliphatic rings. The number of benzene rings is 1. The lowest BCUT2D eigenvalue weighted by Gasteiger charge is -2.31. The van der Waals surface area contributed by atoms with Gasteiger partial charge in [-0.25, -0.2) is 0 Å². The minimum Gasteiger partial charge on any atom is -0.490 e. The Morgan fingerprint density at radius 3 is 2.59 bits per heavy atom. The molecular weight excluding hydrogens is 210 g/mol. The summed E-state index contributed by atoms with van der Waals surface area (Å²) in [7, 11) is 2.03. The van der Waals surface area contributed by atoms with E-state index in [1.807, 2.05) is 7.05 Å². The standard InChI is InChI=1S/C15H23NO/c1-12-7-9-14(10-8-12)17-15-6-4-3-5-13(15)11-16-2/h7-10,13,15-16H,3-6,11H2,1-2H3. The summed E-state index contributed by atoms with van der Waals surface area (Å²) in [6.45, 7) is 3.17. The van der Waals surface area contributed by atoms with Crippen molar-refractivity contribution in [1.29, 1.82) is 0 Å². The van der Waals surface area contributed by atoms with Gasteiger partial charge in [0.2, 0.25) is 0 Å². The zero-order chi connectivity index (χ0) is 12.1. The molecule has 0 bridgehead atoms. The van der Waals surface area contributed by atoms with Crippen molar-refractivity contribution in [3.8, 4) is 5.75 Å². The second kappa shape index (κ2) is 6.06. The number of hydrogen-bond acceptors (Lipinski definition) is 2. The maximum Gasteiger partial charge on any atom is 0.119 e. The normalized spacial score (nSPS) is 24.6. The maximum absolute atomic E-state index is 6.14. The van der Waals surface area contributed by atoms with Crippen LogP contribution in [0.3, 0.4) is 0 Å². The van der Waals surface area contributed by atoms with E-state index in [0.29, 0.717) is 12.0 Å². The van der Waals surface area contributed by atoms with Crippen LogP contribution in [0.4, 0.5) is 0 Å². The van der Waals surface area contributed by atoms with Crippen molar-refractivity contribution in [1.82, 2.24) is 5.32 Å². The molecule has 0 radical (unpaired) electrons.